The third kappa shape index (κ3) is 2.08. The van der Waals surface area contributed by atoms with E-state index >= 15 is 0 Å². The summed E-state index contributed by atoms with van der Waals surface area (Å²) in [5.74, 6) is 0. The number of aliphatic hydroxyl groups excluding tert-OH is 1. The third-order valence-electron chi connectivity index (χ3n) is 2.54. The maximum absolute atomic E-state index is 9.14. The molecule has 0 spiro atoms. The molecule has 0 saturated carbocycles. The van der Waals surface area contributed by atoms with Crippen molar-refractivity contribution in [2.75, 3.05) is 13.1 Å². The number of likely N-dealkylation sites (tertiary alicyclic amines) is 1. The number of nitrogens with zero attached hydrogens (tertiary/aromatic N) is 1. The minimum absolute atomic E-state index is 0.140. The maximum Gasteiger partial charge on any atom is 0.0794 e. The first kappa shape index (κ1) is 9.97. The Hall–Kier alpha value is -0.570. The van der Waals surface area contributed by atoms with E-state index in [9.17, 15) is 0 Å². The van der Waals surface area contributed by atoms with E-state index in [1.165, 1.54) is 5.56 Å². The predicted molar refractivity (Wildman–Crippen MR) is 57.5 cm³/mol. The molecule has 0 amide bonds. The molecule has 2 rings (SSSR count). The van der Waals surface area contributed by atoms with Gasteiger partial charge in [0.15, 0.2) is 0 Å². The van der Waals surface area contributed by atoms with E-state index in [4.69, 9.17) is 16.7 Å². The van der Waals surface area contributed by atoms with Crippen LogP contribution in [0, 0.1) is 6.92 Å². The van der Waals surface area contributed by atoms with Gasteiger partial charge in [-0.15, -0.1) is 0 Å². The van der Waals surface area contributed by atoms with Crippen molar-refractivity contribution in [1.82, 2.24) is 4.90 Å². The fourth-order valence-electron chi connectivity index (χ4n) is 1.69. The van der Waals surface area contributed by atoms with Gasteiger partial charge in [0.05, 0.1) is 6.10 Å². The minimum atomic E-state index is -0.140. The molecule has 1 aromatic rings. The van der Waals surface area contributed by atoms with Crippen molar-refractivity contribution < 1.29 is 5.11 Å². The Morgan fingerprint density at radius 2 is 2.21 bits per heavy atom. The van der Waals surface area contributed by atoms with E-state index in [0.717, 1.165) is 30.2 Å². The molecule has 1 aliphatic rings. The van der Waals surface area contributed by atoms with Gasteiger partial charge < -0.3 is 5.11 Å². The quantitative estimate of drug-likeness (QED) is 0.807. The molecule has 0 aliphatic carbocycles. The van der Waals surface area contributed by atoms with E-state index in [1.807, 2.05) is 13.0 Å². The van der Waals surface area contributed by atoms with Gasteiger partial charge >= 0.3 is 0 Å². The molecule has 3 heteroatoms. The van der Waals surface area contributed by atoms with Crippen LogP contribution in [0.15, 0.2) is 18.2 Å². The van der Waals surface area contributed by atoms with Crippen LogP contribution in [0.2, 0.25) is 5.02 Å². The first-order valence-electron chi connectivity index (χ1n) is 4.80. The van der Waals surface area contributed by atoms with Crippen LogP contribution in [-0.4, -0.2) is 29.2 Å². The Labute approximate surface area is 89.1 Å². The van der Waals surface area contributed by atoms with Crippen LogP contribution < -0.4 is 0 Å². The number of β-amino-alcohol motifs (C(OH)–C–C–N with tert-alkyl or cyclic N) is 1. The lowest BCUT2D eigenvalue weighted by Crippen LogP contribution is -2.49. The number of hydrogen-bond acceptors (Lipinski definition) is 2. The van der Waals surface area contributed by atoms with Crippen molar-refractivity contribution >= 4 is 11.6 Å². The summed E-state index contributed by atoms with van der Waals surface area (Å²) in [6.07, 6.45) is -0.140. The van der Waals surface area contributed by atoms with Crippen LogP contribution in [0.4, 0.5) is 0 Å². The van der Waals surface area contributed by atoms with Crippen molar-refractivity contribution in [2.24, 2.45) is 0 Å². The highest BCUT2D eigenvalue weighted by molar-refractivity contribution is 6.31. The summed E-state index contributed by atoms with van der Waals surface area (Å²) < 4.78 is 0. The van der Waals surface area contributed by atoms with Crippen molar-refractivity contribution in [2.45, 2.75) is 19.6 Å². The van der Waals surface area contributed by atoms with Crippen LogP contribution in [0.25, 0.3) is 0 Å². The van der Waals surface area contributed by atoms with E-state index in [1.54, 1.807) is 0 Å². The van der Waals surface area contributed by atoms with Crippen molar-refractivity contribution in [3.8, 4) is 0 Å². The van der Waals surface area contributed by atoms with Gasteiger partial charge in [0.2, 0.25) is 0 Å². The van der Waals surface area contributed by atoms with Gasteiger partial charge in [-0.25, -0.2) is 0 Å². The number of aryl methyl sites for hydroxylation is 1. The largest absolute Gasteiger partial charge is 0.390 e. The second-order valence-corrected chi connectivity index (χ2v) is 4.35. The Morgan fingerprint density at radius 3 is 2.79 bits per heavy atom. The zero-order chi connectivity index (χ0) is 10.1. The van der Waals surface area contributed by atoms with Crippen LogP contribution in [0.5, 0.6) is 0 Å². The molecule has 0 unspecified atom stereocenters. The highest BCUT2D eigenvalue weighted by atomic mass is 35.5. The summed E-state index contributed by atoms with van der Waals surface area (Å²) in [5.41, 5.74) is 2.33. The summed E-state index contributed by atoms with van der Waals surface area (Å²) >= 11 is 6.10. The number of aliphatic hydroxyl groups is 1. The van der Waals surface area contributed by atoms with Gasteiger partial charge in [-0.1, -0.05) is 23.7 Å². The first-order chi connectivity index (χ1) is 6.65. The maximum atomic E-state index is 9.14. The minimum Gasteiger partial charge on any atom is -0.390 e. The second-order valence-electron chi connectivity index (χ2n) is 3.94. The average molecular weight is 212 g/mol. The number of benzene rings is 1. The van der Waals surface area contributed by atoms with Gasteiger partial charge in [0.1, 0.15) is 0 Å². The molecule has 76 valence electrons. The summed E-state index contributed by atoms with van der Waals surface area (Å²) in [4.78, 5) is 2.18. The Bertz CT molecular complexity index is 334. The number of hydrogen-bond donors (Lipinski definition) is 1. The monoisotopic (exact) mass is 211 g/mol. The lowest BCUT2D eigenvalue weighted by atomic mass is 10.1. The van der Waals surface area contributed by atoms with Gasteiger partial charge in [-0.2, -0.15) is 0 Å². The van der Waals surface area contributed by atoms with E-state index in [-0.39, 0.29) is 6.10 Å². The van der Waals surface area contributed by atoms with Crippen LogP contribution in [0.3, 0.4) is 0 Å². The third-order valence-corrected chi connectivity index (χ3v) is 2.89. The van der Waals surface area contributed by atoms with E-state index in [0.29, 0.717) is 0 Å². The fraction of sp³-hybridized carbons (Fsp3) is 0.455. The SMILES string of the molecule is Cc1ccc(CN2CC(O)C2)c(Cl)c1. The van der Waals surface area contributed by atoms with E-state index in [2.05, 4.69) is 17.0 Å². The van der Waals surface area contributed by atoms with Gasteiger partial charge in [0, 0.05) is 24.7 Å². The normalized spacial score (nSPS) is 18.2. The Morgan fingerprint density at radius 1 is 1.50 bits per heavy atom. The summed E-state index contributed by atoms with van der Waals surface area (Å²) in [6.45, 7) is 4.41. The summed E-state index contributed by atoms with van der Waals surface area (Å²) in [5, 5.41) is 9.96. The molecule has 0 bridgehead atoms. The van der Waals surface area contributed by atoms with Crippen molar-refractivity contribution in [1.29, 1.82) is 0 Å². The Kier molecular flexibility index (Phi) is 2.77. The molecule has 2 nitrogen and oxygen atoms in total. The summed E-state index contributed by atoms with van der Waals surface area (Å²) in [6, 6.07) is 6.10. The zero-order valence-electron chi connectivity index (χ0n) is 8.20. The molecule has 1 heterocycles. The Balaban J connectivity index is 2.02. The summed E-state index contributed by atoms with van der Waals surface area (Å²) in [7, 11) is 0. The van der Waals surface area contributed by atoms with Crippen LogP contribution in [-0.2, 0) is 6.54 Å². The van der Waals surface area contributed by atoms with Crippen LogP contribution >= 0.6 is 11.6 Å². The topological polar surface area (TPSA) is 23.5 Å². The highest BCUT2D eigenvalue weighted by Crippen LogP contribution is 2.21. The predicted octanol–water partition coefficient (Wildman–Crippen LogP) is 1.82. The van der Waals surface area contributed by atoms with Gasteiger partial charge in [-0.05, 0) is 24.1 Å². The standard InChI is InChI=1S/C11H14ClNO/c1-8-2-3-9(11(12)4-8)5-13-6-10(14)7-13/h2-4,10,14H,5-7H2,1H3. The fourth-order valence-corrected chi connectivity index (χ4v) is 1.99. The molecule has 0 radical (unpaired) electrons. The van der Waals surface area contributed by atoms with Crippen molar-refractivity contribution in [3.63, 3.8) is 0 Å². The molecule has 14 heavy (non-hydrogen) atoms. The van der Waals surface area contributed by atoms with E-state index < -0.39 is 0 Å². The number of halogens is 1. The lowest BCUT2D eigenvalue weighted by Gasteiger charge is -2.36. The molecular weight excluding hydrogens is 198 g/mol. The van der Waals surface area contributed by atoms with Gasteiger partial charge in [-0.3, -0.25) is 4.90 Å². The molecule has 0 aromatic heterocycles. The van der Waals surface area contributed by atoms with Crippen molar-refractivity contribution in [3.05, 3.63) is 34.3 Å². The van der Waals surface area contributed by atoms with Gasteiger partial charge in [0.25, 0.3) is 0 Å². The molecular formula is C11H14ClNO. The smallest absolute Gasteiger partial charge is 0.0794 e. The zero-order valence-corrected chi connectivity index (χ0v) is 8.96. The number of rotatable bonds is 2. The average Bonchev–Trinajstić information content (AvgIpc) is 2.06. The molecule has 1 aliphatic heterocycles. The molecule has 0 atom stereocenters. The molecule has 1 fully saturated rings. The molecule has 1 N–H and O–H groups in total. The lowest BCUT2D eigenvalue weighted by molar-refractivity contribution is -0.00285. The highest BCUT2D eigenvalue weighted by Gasteiger charge is 2.24. The first-order valence-corrected chi connectivity index (χ1v) is 5.18. The van der Waals surface area contributed by atoms with Crippen LogP contribution in [0.1, 0.15) is 11.1 Å². The molecule has 1 aromatic carbocycles. The second kappa shape index (κ2) is 3.89. The molecule has 1 saturated heterocycles.